The van der Waals surface area contributed by atoms with Crippen molar-refractivity contribution >= 4 is 15.9 Å². The Morgan fingerprint density at radius 3 is 2.84 bits per heavy atom. The zero-order valence-electron chi connectivity index (χ0n) is 10.8. The van der Waals surface area contributed by atoms with Crippen LogP contribution in [-0.4, -0.2) is 16.1 Å². The Kier molecular flexibility index (Phi) is 3.51. The molecule has 1 aliphatic rings. The summed E-state index contributed by atoms with van der Waals surface area (Å²) >= 11 is 3.44. The normalized spacial score (nSPS) is 14.4. The highest BCUT2D eigenvalue weighted by Gasteiger charge is 2.23. The van der Waals surface area contributed by atoms with E-state index < -0.39 is 0 Å². The first kappa shape index (κ1) is 12.6. The highest BCUT2D eigenvalue weighted by molar-refractivity contribution is 9.10. The number of aryl methyl sites for hydroxylation is 1. The van der Waals surface area contributed by atoms with Gasteiger partial charge in [-0.05, 0) is 47.0 Å². The maximum absolute atomic E-state index is 5.82. The van der Waals surface area contributed by atoms with Crippen LogP contribution in [0.5, 0.6) is 5.75 Å². The van der Waals surface area contributed by atoms with Gasteiger partial charge in [-0.15, -0.1) is 0 Å². The molecular formula is C15H15BrN2O. The molecule has 2 aromatic rings. The molecule has 4 heteroatoms. The van der Waals surface area contributed by atoms with Crippen molar-refractivity contribution in [2.45, 2.75) is 32.3 Å². The molecule has 1 fully saturated rings. The smallest absolute Gasteiger partial charge is 0.130 e. The first-order valence-corrected chi connectivity index (χ1v) is 7.34. The Morgan fingerprint density at radius 1 is 1.26 bits per heavy atom. The zero-order chi connectivity index (χ0) is 13.2. The number of hydrogen-bond donors (Lipinski definition) is 0. The van der Waals surface area contributed by atoms with Gasteiger partial charge in [0.2, 0.25) is 0 Å². The van der Waals surface area contributed by atoms with Crippen LogP contribution in [0.1, 0.15) is 25.6 Å². The molecule has 3 nitrogen and oxygen atoms in total. The van der Waals surface area contributed by atoms with Gasteiger partial charge < -0.3 is 4.74 Å². The van der Waals surface area contributed by atoms with Crippen molar-refractivity contribution in [1.82, 2.24) is 9.97 Å². The van der Waals surface area contributed by atoms with Gasteiger partial charge in [-0.25, -0.2) is 9.97 Å². The first-order valence-electron chi connectivity index (χ1n) is 6.55. The molecule has 0 radical (unpaired) electrons. The summed E-state index contributed by atoms with van der Waals surface area (Å²) in [6.45, 7) is 2.05. The minimum Gasteiger partial charge on any atom is -0.490 e. The molecule has 0 amide bonds. The van der Waals surface area contributed by atoms with Crippen LogP contribution in [0.25, 0.3) is 11.3 Å². The van der Waals surface area contributed by atoms with Crippen LogP contribution in [0, 0.1) is 0 Å². The third-order valence-corrected chi connectivity index (χ3v) is 3.42. The van der Waals surface area contributed by atoms with Crippen molar-refractivity contribution in [1.29, 1.82) is 0 Å². The summed E-state index contributed by atoms with van der Waals surface area (Å²) in [5.41, 5.74) is 2.00. The topological polar surface area (TPSA) is 35.0 Å². The van der Waals surface area contributed by atoms with E-state index in [1.165, 1.54) is 12.8 Å². The fraction of sp³-hybridized carbons (Fsp3) is 0.333. The number of halogens is 1. The summed E-state index contributed by atoms with van der Waals surface area (Å²) in [7, 11) is 0. The zero-order valence-corrected chi connectivity index (χ0v) is 12.4. The second-order valence-electron chi connectivity index (χ2n) is 4.69. The van der Waals surface area contributed by atoms with Crippen LogP contribution in [0.15, 0.2) is 34.9 Å². The molecule has 0 saturated heterocycles. The number of ether oxygens (including phenoxy) is 1. The van der Waals surface area contributed by atoms with E-state index in [1.807, 2.05) is 30.3 Å². The average Bonchev–Trinajstić information content (AvgIpc) is 3.22. The van der Waals surface area contributed by atoms with Crippen LogP contribution < -0.4 is 4.74 Å². The molecule has 0 spiro atoms. The van der Waals surface area contributed by atoms with Crippen molar-refractivity contribution in [3.8, 4) is 17.0 Å². The van der Waals surface area contributed by atoms with E-state index in [4.69, 9.17) is 4.74 Å². The standard InChI is InChI=1S/C15H15BrN2O/c1-2-15-17-13(9-14(16)18-15)10-4-3-5-12(8-10)19-11-6-7-11/h3-5,8-9,11H,2,6-7H2,1H3. The number of rotatable bonds is 4. The molecule has 0 atom stereocenters. The summed E-state index contributed by atoms with van der Waals surface area (Å²) < 4.78 is 6.64. The Morgan fingerprint density at radius 2 is 2.11 bits per heavy atom. The predicted molar refractivity (Wildman–Crippen MR) is 78.2 cm³/mol. The van der Waals surface area contributed by atoms with Crippen molar-refractivity contribution in [2.75, 3.05) is 0 Å². The molecule has 0 aliphatic heterocycles. The highest BCUT2D eigenvalue weighted by Crippen LogP contribution is 2.29. The van der Waals surface area contributed by atoms with Crippen LogP contribution in [-0.2, 0) is 6.42 Å². The van der Waals surface area contributed by atoms with E-state index in [9.17, 15) is 0 Å². The predicted octanol–water partition coefficient (Wildman–Crippen LogP) is 4.01. The second kappa shape index (κ2) is 5.29. The third-order valence-electron chi connectivity index (χ3n) is 3.01. The Hall–Kier alpha value is -1.42. The van der Waals surface area contributed by atoms with Gasteiger partial charge in [0.25, 0.3) is 0 Å². The van der Waals surface area contributed by atoms with Crippen LogP contribution in [0.3, 0.4) is 0 Å². The lowest BCUT2D eigenvalue weighted by molar-refractivity contribution is 0.303. The minimum atomic E-state index is 0.415. The fourth-order valence-corrected chi connectivity index (χ4v) is 2.30. The molecule has 0 bridgehead atoms. The molecule has 0 unspecified atom stereocenters. The summed E-state index contributed by atoms with van der Waals surface area (Å²) in [4.78, 5) is 8.89. The van der Waals surface area contributed by atoms with Gasteiger partial charge in [0, 0.05) is 12.0 Å². The quantitative estimate of drug-likeness (QED) is 0.799. The van der Waals surface area contributed by atoms with Crippen LogP contribution >= 0.6 is 15.9 Å². The van der Waals surface area contributed by atoms with Crippen LogP contribution in [0.2, 0.25) is 0 Å². The van der Waals surface area contributed by atoms with Gasteiger partial charge in [-0.1, -0.05) is 19.1 Å². The molecule has 1 heterocycles. The second-order valence-corrected chi connectivity index (χ2v) is 5.50. The lowest BCUT2D eigenvalue weighted by Crippen LogP contribution is -1.98. The largest absolute Gasteiger partial charge is 0.490 e. The van der Waals surface area contributed by atoms with Gasteiger partial charge >= 0.3 is 0 Å². The maximum Gasteiger partial charge on any atom is 0.130 e. The van der Waals surface area contributed by atoms with Gasteiger partial charge in [0.15, 0.2) is 0 Å². The Bertz CT molecular complexity index is 596. The molecule has 19 heavy (non-hydrogen) atoms. The third kappa shape index (κ3) is 3.13. The monoisotopic (exact) mass is 318 g/mol. The lowest BCUT2D eigenvalue weighted by atomic mass is 10.1. The van der Waals surface area contributed by atoms with Gasteiger partial charge in [0.05, 0.1) is 11.8 Å². The number of nitrogens with zero attached hydrogens (tertiary/aromatic N) is 2. The van der Waals surface area contributed by atoms with E-state index >= 15 is 0 Å². The fourth-order valence-electron chi connectivity index (χ4n) is 1.88. The van der Waals surface area contributed by atoms with E-state index in [2.05, 4.69) is 32.8 Å². The summed E-state index contributed by atoms with van der Waals surface area (Å²) in [6, 6.07) is 10.0. The SMILES string of the molecule is CCc1nc(Br)cc(-c2cccc(OC3CC3)c2)n1. The summed E-state index contributed by atoms with van der Waals surface area (Å²) in [5.74, 6) is 1.77. The van der Waals surface area contributed by atoms with E-state index in [-0.39, 0.29) is 0 Å². The number of aromatic nitrogens is 2. The van der Waals surface area contributed by atoms with Crippen molar-refractivity contribution in [2.24, 2.45) is 0 Å². The number of benzene rings is 1. The molecule has 1 aliphatic carbocycles. The molecule has 1 aromatic heterocycles. The summed E-state index contributed by atoms with van der Waals surface area (Å²) in [6.07, 6.45) is 3.58. The van der Waals surface area contributed by atoms with Gasteiger partial charge in [-0.3, -0.25) is 0 Å². The van der Waals surface area contributed by atoms with E-state index in [0.717, 1.165) is 33.9 Å². The maximum atomic E-state index is 5.82. The Balaban J connectivity index is 1.93. The number of hydrogen-bond acceptors (Lipinski definition) is 3. The van der Waals surface area contributed by atoms with Gasteiger partial charge in [-0.2, -0.15) is 0 Å². The summed E-state index contributed by atoms with van der Waals surface area (Å²) in [5, 5.41) is 0. The Labute approximate surface area is 121 Å². The molecule has 1 aromatic carbocycles. The van der Waals surface area contributed by atoms with Crippen molar-refractivity contribution < 1.29 is 4.74 Å². The highest BCUT2D eigenvalue weighted by atomic mass is 79.9. The van der Waals surface area contributed by atoms with Gasteiger partial charge in [0.1, 0.15) is 16.2 Å². The van der Waals surface area contributed by atoms with Crippen molar-refractivity contribution in [3.63, 3.8) is 0 Å². The minimum absolute atomic E-state index is 0.415. The molecule has 1 saturated carbocycles. The van der Waals surface area contributed by atoms with Crippen LogP contribution in [0.4, 0.5) is 0 Å². The first-order chi connectivity index (χ1) is 9.24. The molecule has 3 rings (SSSR count). The van der Waals surface area contributed by atoms with E-state index in [1.54, 1.807) is 0 Å². The van der Waals surface area contributed by atoms with E-state index in [0.29, 0.717) is 6.10 Å². The average molecular weight is 319 g/mol. The van der Waals surface area contributed by atoms with Crippen molar-refractivity contribution in [3.05, 3.63) is 40.8 Å². The lowest BCUT2D eigenvalue weighted by Gasteiger charge is -2.08. The molecular weight excluding hydrogens is 304 g/mol. The molecule has 0 N–H and O–H groups in total. The molecule has 98 valence electrons.